The van der Waals surface area contributed by atoms with Crippen molar-refractivity contribution in [2.75, 3.05) is 13.1 Å². The maximum Gasteiger partial charge on any atom is 0.234 e. The van der Waals surface area contributed by atoms with Gasteiger partial charge in [-0.1, -0.05) is 6.92 Å². The summed E-state index contributed by atoms with van der Waals surface area (Å²) in [6, 6.07) is -0.0648. The highest BCUT2D eigenvalue weighted by Crippen LogP contribution is 2.51. The van der Waals surface area contributed by atoms with E-state index in [4.69, 9.17) is 5.73 Å². The minimum atomic E-state index is -0.191. The molecule has 1 saturated carbocycles. The number of rotatable bonds is 2. The van der Waals surface area contributed by atoms with Crippen molar-refractivity contribution < 1.29 is 4.79 Å². The molecule has 4 atom stereocenters. The number of hydrogen-bond acceptors (Lipinski definition) is 2. The zero-order valence-corrected chi connectivity index (χ0v) is 7.66. The van der Waals surface area contributed by atoms with Crippen LogP contribution in [0.5, 0.6) is 0 Å². The van der Waals surface area contributed by atoms with Crippen LogP contribution in [0.3, 0.4) is 0 Å². The number of hydrogen-bond donors (Lipinski definition) is 1. The smallest absolute Gasteiger partial charge is 0.234 e. The molecule has 3 heteroatoms. The number of carbonyl (C=O) groups is 1. The number of nitrogens with zero attached hydrogens (tertiary/aromatic N) is 1. The monoisotopic (exact) mass is 168 g/mol. The molecule has 1 aliphatic carbocycles. The van der Waals surface area contributed by atoms with Crippen LogP contribution in [-0.4, -0.2) is 29.9 Å². The number of fused-ring (bicyclic) bond motifs is 1. The Labute approximate surface area is 72.9 Å². The van der Waals surface area contributed by atoms with Gasteiger partial charge in [0.1, 0.15) is 0 Å². The molecule has 3 unspecified atom stereocenters. The first kappa shape index (κ1) is 8.05. The van der Waals surface area contributed by atoms with Gasteiger partial charge in [-0.2, -0.15) is 0 Å². The molecule has 1 saturated heterocycles. The van der Waals surface area contributed by atoms with E-state index in [1.165, 1.54) is 0 Å². The van der Waals surface area contributed by atoms with Crippen LogP contribution < -0.4 is 5.73 Å². The van der Waals surface area contributed by atoms with E-state index in [-0.39, 0.29) is 11.9 Å². The largest absolute Gasteiger partial charge is 0.368 e. The van der Waals surface area contributed by atoms with Crippen molar-refractivity contribution in [2.24, 2.45) is 23.5 Å². The van der Waals surface area contributed by atoms with Gasteiger partial charge in [0.05, 0.1) is 6.04 Å². The van der Waals surface area contributed by atoms with Gasteiger partial charge < -0.3 is 5.73 Å². The molecule has 0 aromatic heterocycles. The summed E-state index contributed by atoms with van der Waals surface area (Å²) in [4.78, 5) is 13.1. The second-order valence-corrected chi connectivity index (χ2v) is 4.22. The van der Waals surface area contributed by atoms with Gasteiger partial charge in [-0.05, 0) is 24.7 Å². The van der Waals surface area contributed by atoms with Gasteiger partial charge >= 0.3 is 0 Å². The number of nitrogens with two attached hydrogens (primary N) is 1. The summed E-state index contributed by atoms with van der Waals surface area (Å²) in [5.74, 6) is 2.41. The van der Waals surface area contributed by atoms with E-state index in [1.54, 1.807) is 0 Å². The topological polar surface area (TPSA) is 46.3 Å². The minimum Gasteiger partial charge on any atom is -0.368 e. The second-order valence-electron chi connectivity index (χ2n) is 4.22. The predicted octanol–water partition coefficient (Wildman–Crippen LogP) is 0.0579. The van der Waals surface area contributed by atoms with E-state index in [9.17, 15) is 4.79 Å². The van der Waals surface area contributed by atoms with E-state index in [0.29, 0.717) is 0 Å². The van der Waals surface area contributed by atoms with Crippen LogP contribution in [0.15, 0.2) is 0 Å². The highest BCUT2D eigenvalue weighted by Gasteiger charge is 2.53. The number of piperidine rings is 1. The van der Waals surface area contributed by atoms with E-state index in [0.717, 1.165) is 30.8 Å². The lowest BCUT2D eigenvalue weighted by Gasteiger charge is -2.23. The molecule has 3 nitrogen and oxygen atoms in total. The van der Waals surface area contributed by atoms with E-state index >= 15 is 0 Å². The van der Waals surface area contributed by atoms with E-state index < -0.39 is 0 Å². The Morgan fingerprint density at radius 3 is 2.42 bits per heavy atom. The lowest BCUT2D eigenvalue weighted by atomic mass is 10.2. The lowest BCUT2D eigenvalue weighted by Crippen LogP contribution is -2.42. The van der Waals surface area contributed by atoms with E-state index in [2.05, 4.69) is 11.8 Å². The van der Waals surface area contributed by atoms with Crippen molar-refractivity contribution in [1.29, 1.82) is 0 Å². The molecule has 0 aromatic rings. The summed E-state index contributed by atoms with van der Waals surface area (Å²) in [5, 5.41) is 0. The van der Waals surface area contributed by atoms with Gasteiger partial charge in [0.25, 0.3) is 0 Å². The van der Waals surface area contributed by atoms with Crippen molar-refractivity contribution in [1.82, 2.24) is 4.90 Å². The predicted molar refractivity (Wildman–Crippen MR) is 46.4 cm³/mol. The minimum absolute atomic E-state index is 0.0648. The number of primary amides is 1. The highest BCUT2D eigenvalue weighted by atomic mass is 16.1. The van der Waals surface area contributed by atoms with Gasteiger partial charge in [0.15, 0.2) is 0 Å². The van der Waals surface area contributed by atoms with Crippen LogP contribution in [0, 0.1) is 17.8 Å². The summed E-state index contributed by atoms with van der Waals surface area (Å²) in [6.07, 6.45) is 0. The van der Waals surface area contributed by atoms with Crippen LogP contribution in [0.25, 0.3) is 0 Å². The van der Waals surface area contributed by atoms with Crippen molar-refractivity contribution in [3.05, 3.63) is 0 Å². The molecule has 12 heavy (non-hydrogen) atoms. The average molecular weight is 168 g/mol. The number of carbonyl (C=O) groups excluding carboxylic acids is 1. The molecule has 2 N–H and O–H groups in total. The number of amides is 1. The molecular weight excluding hydrogens is 152 g/mol. The summed E-state index contributed by atoms with van der Waals surface area (Å²) in [7, 11) is 0. The number of likely N-dealkylation sites (tertiary alicyclic amines) is 1. The first-order chi connectivity index (χ1) is 5.61. The molecule has 2 rings (SSSR count). The summed E-state index contributed by atoms with van der Waals surface area (Å²) < 4.78 is 0. The third kappa shape index (κ3) is 1.04. The average Bonchev–Trinajstić information content (AvgIpc) is 2.53. The van der Waals surface area contributed by atoms with Crippen molar-refractivity contribution in [3.8, 4) is 0 Å². The molecule has 0 aromatic carbocycles. The SMILES string of the molecule is CC1C2CN(C(C)C(N)=O)C[C@@H]12. The van der Waals surface area contributed by atoms with Crippen LogP contribution in [0.4, 0.5) is 0 Å². The highest BCUT2D eigenvalue weighted by molar-refractivity contribution is 5.79. The quantitative estimate of drug-likeness (QED) is 0.633. The van der Waals surface area contributed by atoms with Gasteiger partial charge in [0.2, 0.25) is 5.91 Å². The van der Waals surface area contributed by atoms with Gasteiger partial charge in [-0.3, -0.25) is 9.69 Å². The Hall–Kier alpha value is -0.570. The Morgan fingerprint density at radius 1 is 1.50 bits per heavy atom. The van der Waals surface area contributed by atoms with Gasteiger partial charge in [0, 0.05) is 13.1 Å². The molecule has 1 amide bonds. The van der Waals surface area contributed by atoms with Crippen molar-refractivity contribution in [2.45, 2.75) is 19.9 Å². The first-order valence-corrected chi connectivity index (χ1v) is 4.64. The maximum absolute atomic E-state index is 10.9. The zero-order valence-electron chi connectivity index (χ0n) is 7.66. The Bertz CT molecular complexity index is 205. The zero-order chi connectivity index (χ0) is 8.88. The fraction of sp³-hybridized carbons (Fsp3) is 0.889. The van der Waals surface area contributed by atoms with Gasteiger partial charge in [-0.25, -0.2) is 0 Å². The van der Waals surface area contributed by atoms with Crippen molar-refractivity contribution in [3.63, 3.8) is 0 Å². The molecule has 68 valence electrons. The van der Waals surface area contributed by atoms with Crippen LogP contribution in [-0.2, 0) is 4.79 Å². The summed E-state index contributed by atoms with van der Waals surface area (Å²) in [5.41, 5.74) is 5.23. The molecule has 1 heterocycles. The molecular formula is C9H16N2O. The molecule has 2 aliphatic rings. The third-order valence-electron chi connectivity index (χ3n) is 3.61. The van der Waals surface area contributed by atoms with Crippen LogP contribution in [0.1, 0.15) is 13.8 Å². The van der Waals surface area contributed by atoms with E-state index in [1.807, 2.05) is 6.92 Å². The third-order valence-corrected chi connectivity index (χ3v) is 3.61. The Kier molecular flexibility index (Phi) is 1.65. The standard InChI is InChI=1S/C9H16N2O/c1-5-7-3-11(4-8(5)7)6(2)9(10)12/h5-8H,3-4H2,1-2H3,(H2,10,12)/t5?,6?,7-,8?/m0/s1. The Morgan fingerprint density at radius 2 is 2.00 bits per heavy atom. The lowest BCUT2D eigenvalue weighted by molar-refractivity contribution is -0.122. The fourth-order valence-electron chi connectivity index (χ4n) is 2.35. The molecule has 0 radical (unpaired) electrons. The molecule has 1 aliphatic heterocycles. The summed E-state index contributed by atoms with van der Waals surface area (Å²) >= 11 is 0. The summed E-state index contributed by atoms with van der Waals surface area (Å²) in [6.45, 7) is 6.35. The van der Waals surface area contributed by atoms with Crippen molar-refractivity contribution >= 4 is 5.91 Å². The maximum atomic E-state index is 10.9. The second kappa shape index (κ2) is 2.46. The Balaban J connectivity index is 1.90. The van der Waals surface area contributed by atoms with Crippen LogP contribution in [0.2, 0.25) is 0 Å². The molecule has 0 bridgehead atoms. The fourth-order valence-corrected chi connectivity index (χ4v) is 2.35. The van der Waals surface area contributed by atoms with Crippen LogP contribution >= 0.6 is 0 Å². The first-order valence-electron chi connectivity index (χ1n) is 4.64. The van der Waals surface area contributed by atoms with Gasteiger partial charge in [-0.15, -0.1) is 0 Å². The molecule has 0 spiro atoms. The molecule has 2 fully saturated rings. The normalized spacial score (nSPS) is 42.3.